The summed E-state index contributed by atoms with van der Waals surface area (Å²) in [6, 6.07) is 0. The van der Waals surface area contributed by atoms with Gasteiger partial charge >= 0.3 is 11.9 Å². The number of halogens is 1. The van der Waals surface area contributed by atoms with Gasteiger partial charge in [0.15, 0.2) is 0 Å². The van der Waals surface area contributed by atoms with Gasteiger partial charge in [0.1, 0.15) is 12.7 Å². The monoisotopic (exact) mass is 634 g/mol. The van der Waals surface area contributed by atoms with Crippen LogP contribution in [-0.4, -0.2) is 30.5 Å². The largest absolute Gasteiger partial charge is 0.462 e. The lowest BCUT2D eigenvalue weighted by molar-refractivity contribution is -0.157. The fraction of sp³-hybridized carbons (Fsp3) is 0.744. The molecule has 0 aromatic heterocycles. The van der Waals surface area contributed by atoms with E-state index in [1.54, 1.807) is 0 Å². The number of rotatable bonds is 32. The molecule has 44 heavy (non-hydrogen) atoms. The highest BCUT2D eigenvalue weighted by Gasteiger charge is 2.16. The zero-order valence-electron chi connectivity index (χ0n) is 28.6. The number of esters is 2. The third-order valence-electron chi connectivity index (χ3n) is 7.57. The van der Waals surface area contributed by atoms with E-state index in [2.05, 4.69) is 62.5 Å². The number of hydrogen-bond acceptors (Lipinski definition) is 4. The first-order valence-corrected chi connectivity index (χ1v) is 18.7. The van der Waals surface area contributed by atoms with Gasteiger partial charge in [-0.25, -0.2) is 0 Å². The zero-order chi connectivity index (χ0) is 32.2. The Morgan fingerprint density at radius 3 is 1.50 bits per heavy atom. The summed E-state index contributed by atoms with van der Waals surface area (Å²) in [6.07, 6.45) is 43.7. The fourth-order valence-corrected chi connectivity index (χ4v) is 4.99. The lowest BCUT2D eigenvalue weighted by Gasteiger charge is -2.15. The van der Waals surface area contributed by atoms with Crippen molar-refractivity contribution in [3.63, 3.8) is 0 Å². The van der Waals surface area contributed by atoms with Crippen LogP contribution >= 0.6 is 11.6 Å². The van der Waals surface area contributed by atoms with E-state index in [9.17, 15) is 9.59 Å². The fourth-order valence-electron chi connectivity index (χ4n) is 4.84. The molecular weight excluding hydrogens is 568 g/mol. The van der Waals surface area contributed by atoms with Crippen LogP contribution in [0.15, 0.2) is 48.6 Å². The number of hydrogen-bond donors (Lipinski definition) is 0. The smallest absolute Gasteiger partial charge is 0.306 e. The van der Waals surface area contributed by atoms with Crippen LogP contribution < -0.4 is 0 Å². The first-order chi connectivity index (χ1) is 21.6. The highest BCUT2D eigenvalue weighted by atomic mass is 35.5. The van der Waals surface area contributed by atoms with Crippen molar-refractivity contribution >= 4 is 23.5 Å². The highest BCUT2D eigenvalue weighted by molar-refractivity contribution is 6.18. The predicted molar refractivity (Wildman–Crippen MR) is 190 cm³/mol. The maximum absolute atomic E-state index is 12.2. The maximum atomic E-state index is 12.2. The van der Waals surface area contributed by atoms with Crippen LogP contribution in [0.4, 0.5) is 0 Å². The van der Waals surface area contributed by atoms with Gasteiger partial charge in [-0.3, -0.25) is 9.59 Å². The Balaban J connectivity index is 3.62. The van der Waals surface area contributed by atoms with E-state index >= 15 is 0 Å². The molecule has 0 radical (unpaired) electrons. The molecule has 1 atom stereocenters. The Kier molecular flexibility index (Phi) is 34.2. The van der Waals surface area contributed by atoms with Gasteiger partial charge in [0.25, 0.3) is 0 Å². The summed E-state index contributed by atoms with van der Waals surface area (Å²) in [5.74, 6) is -0.365. The van der Waals surface area contributed by atoms with Crippen molar-refractivity contribution in [2.45, 2.75) is 174 Å². The lowest BCUT2D eigenvalue weighted by Crippen LogP contribution is -2.26. The minimum absolute atomic E-state index is 0.0400. The van der Waals surface area contributed by atoms with Crippen LogP contribution in [-0.2, 0) is 19.1 Å². The van der Waals surface area contributed by atoms with Crippen molar-refractivity contribution in [2.24, 2.45) is 0 Å². The number of alkyl halides is 1. The highest BCUT2D eigenvalue weighted by Crippen LogP contribution is 2.12. The average Bonchev–Trinajstić information content (AvgIpc) is 3.02. The van der Waals surface area contributed by atoms with Gasteiger partial charge in [-0.2, -0.15) is 0 Å². The molecule has 0 spiro atoms. The second-order valence-electron chi connectivity index (χ2n) is 11.9. The van der Waals surface area contributed by atoms with Crippen molar-refractivity contribution < 1.29 is 19.1 Å². The summed E-state index contributed by atoms with van der Waals surface area (Å²) < 4.78 is 10.8. The molecule has 0 rings (SSSR count). The molecule has 0 saturated heterocycles. The Hall–Kier alpha value is -1.81. The number of carbonyl (C=O) groups excluding carboxylic acids is 2. The van der Waals surface area contributed by atoms with E-state index in [-0.39, 0.29) is 24.4 Å². The molecule has 0 heterocycles. The summed E-state index contributed by atoms with van der Waals surface area (Å²) in [4.78, 5) is 24.3. The molecule has 0 amide bonds. The third-order valence-corrected chi connectivity index (χ3v) is 7.92. The molecule has 0 aromatic rings. The number of allylic oxidation sites excluding steroid dienone is 8. The van der Waals surface area contributed by atoms with Crippen molar-refractivity contribution in [1.29, 1.82) is 0 Å². The summed E-state index contributed by atoms with van der Waals surface area (Å²) in [5.41, 5.74) is 0. The third kappa shape index (κ3) is 33.1. The standard InChI is InChI=1S/C39H67ClO4/c1-3-5-7-9-11-13-15-17-19-21-23-25-27-29-31-33-38(41)43-36-37(35-40)44-39(42)34-32-30-28-26-24-22-20-18-16-14-12-10-8-6-4-2/h6,8,12,14,17-20,37H,3-5,7,9-11,13,15-16,21-36H2,1-2H3/b8-6-,14-12-,19-17-,20-18-/t37-/m1/s1. The molecule has 0 bridgehead atoms. The topological polar surface area (TPSA) is 52.6 Å². The van der Waals surface area contributed by atoms with E-state index in [4.69, 9.17) is 21.1 Å². The minimum atomic E-state index is -0.573. The quantitative estimate of drug-likeness (QED) is 0.0319. The van der Waals surface area contributed by atoms with Crippen LogP contribution in [0.2, 0.25) is 0 Å². The van der Waals surface area contributed by atoms with Gasteiger partial charge in [0, 0.05) is 12.8 Å². The van der Waals surface area contributed by atoms with E-state index in [1.165, 1.54) is 70.6 Å². The molecular formula is C39H67ClO4. The minimum Gasteiger partial charge on any atom is -0.462 e. The summed E-state index contributed by atoms with van der Waals surface area (Å²) in [6.45, 7) is 4.45. The molecule has 4 nitrogen and oxygen atoms in total. The first kappa shape index (κ1) is 42.2. The van der Waals surface area contributed by atoms with Crippen molar-refractivity contribution in [3.8, 4) is 0 Å². The Morgan fingerprint density at radius 1 is 0.545 bits per heavy atom. The number of ether oxygens (including phenoxy) is 2. The van der Waals surface area contributed by atoms with E-state index in [0.29, 0.717) is 12.8 Å². The van der Waals surface area contributed by atoms with E-state index < -0.39 is 6.10 Å². The van der Waals surface area contributed by atoms with Gasteiger partial charge in [-0.15, -0.1) is 11.6 Å². The van der Waals surface area contributed by atoms with E-state index in [1.807, 2.05) is 0 Å². The second-order valence-corrected chi connectivity index (χ2v) is 12.2. The SMILES string of the molecule is CC/C=C\C/C=C\C/C=C\CCCCCCCC(=O)O[C@H](CCl)COC(=O)CCCCCCC/C=C\CCCCCCCC. The predicted octanol–water partition coefficient (Wildman–Crippen LogP) is 12.3. The van der Waals surface area contributed by atoms with Crippen LogP contribution in [0.25, 0.3) is 0 Å². The Labute approximate surface area is 277 Å². The van der Waals surface area contributed by atoms with Crippen molar-refractivity contribution in [2.75, 3.05) is 12.5 Å². The molecule has 0 fully saturated rings. The molecule has 0 unspecified atom stereocenters. The average molecular weight is 635 g/mol. The van der Waals surface area contributed by atoms with Crippen LogP contribution in [0, 0.1) is 0 Å². The van der Waals surface area contributed by atoms with Crippen LogP contribution in [0.3, 0.4) is 0 Å². The van der Waals surface area contributed by atoms with Crippen molar-refractivity contribution in [3.05, 3.63) is 48.6 Å². The molecule has 0 aliphatic rings. The molecule has 0 saturated carbocycles. The van der Waals surface area contributed by atoms with Gasteiger partial charge in [0.2, 0.25) is 0 Å². The lowest BCUT2D eigenvalue weighted by atomic mass is 10.1. The summed E-state index contributed by atoms with van der Waals surface area (Å²) in [5, 5.41) is 0. The van der Waals surface area contributed by atoms with E-state index in [0.717, 1.165) is 70.6 Å². The molecule has 0 aliphatic carbocycles. The normalized spacial score (nSPS) is 12.7. The zero-order valence-corrected chi connectivity index (χ0v) is 29.3. The molecule has 0 N–H and O–H groups in total. The molecule has 0 aromatic carbocycles. The first-order valence-electron chi connectivity index (χ1n) is 18.1. The van der Waals surface area contributed by atoms with Gasteiger partial charge in [-0.05, 0) is 70.6 Å². The van der Waals surface area contributed by atoms with Crippen LogP contribution in [0.1, 0.15) is 168 Å². The summed E-state index contributed by atoms with van der Waals surface area (Å²) in [7, 11) is 0. The van der Waals surface area contributed by atoms with Crippen LogP contribution in [0.5, 0.6) is 0 Å². The van der Waals surface area contributed by atoms with Gasteiger partial charge in [0.05, 0.1) is 5.88 Å². The van der Waals surface area contributed by atoms with Crippen molar-refractivity contribution in [1.82, 2.24) is 0 Å². The molecule has 0 aliphatic heterocycles. The maximum Gasteiger partial charge on any atom is 0.306 e. The molecule has 5 heteroatoms. The molecule has 254 valence electrons. The number of unbranched alkanes of at least 4 members (excludes halogenated alkanes) is 16. The summed E-state index contributed by atoms with van der Waals surface area (Å²) >= 11 is 5.95. The second kappa shape index (κ2) is 35.7. The Bertz CT molecular complexity index is 755. The van der Waals surface area contributed by atoms with Gasteiger partial charge in [-0.1, -0.05) is 133 Å². The van der Waals surface area contributed by atoms with Gasteiger partial charge < -0.3 is 9.47 Å². The number of carbonyl (C=O) groups is 2. The Morgan fingerprint density at radius 2 is 0.977 bits per heavy atom.